The molecule has 0 bridgehead atoms. The first kappa shape index (κ1) is 28.8. The van der Waals surface area contributed by atoms with Gasteiger partial charge in [0.1, 0.15) is 6.10 Å². The normalized spacial score (nSPS) is 18.4. The number of hydrogen-bond acceptors (Lipinski definition) is 13. The van der Waals surface area contributed by atoms with Crippen LogP contribution < -0.4 is 5.32 Å². The molecular formula is C23H26N2O12. The molecule has 0 aliphatic carbocycles. The summed E-state index contributed by atoms with van der Waals surface area (Å²) in [5.74, 6) is -5.11. The number of nitro benzene ring substituents is 1. The van der Waals surface area contributed by atoms with E-state index in [2.05, 4.69) is 10.1 Å². The summed E-state index contributed by atoms with van der Waals surface area (Å²) in [4.78, 5) is 46.1. The maximum atomic E-state index is 12.3. The van der Waals surface area contributed by atoms with Crippen LogP contribution in [0.1, 0.15) is 25.3 Å². The maximum Gasteiger partial charge on any atom is 0.377 e. The molecule has 2 aliphatic heterocycles. The summed E-state index contributed by atoms with van der Waals surface area (Å²) >= 11 is 0. The Morgan fingerprint density at radius 3 is 2.03 bits per heavy atom. The number of benzene rings is 1. The fourth-order valence-corrected chi connectivity index (χ4v) is 3.79. The van der Waals surface area contributed by atoms with Gasteiger partial charge < -0.3 is 40.0 Å². The predicted molar refractivity (Wildman–Crippen MR) is 124 cm³/mol. The van der Waals surface area contributed by atoms with Gasteiger partial charge in [-0.05, 0) is 13.8 Å². The zero-order valence-corrected chi connectivity index (χ0v) is 20.3. The number of nitrogens with one attached hydrogen (secondary N) is 1. The number of nitrogens with zero attached hydrogens (tertiary/aromatic N) is 1. The van der Waals surface area contributed by atoms with Gasteiger partial charge >= 0.3 is 17.9 Å². The number of carbonyl (C=O) groups excluding carboxylic acids is 3. The molecule has 0 saturated heterocycles. The largest absolute Gasteiger partial charge is 0.505 e. The van der Waals surface area contributed by atoms with Crippen LogP contribution in [0.3, 0.4) is 0 Å². The first-order valence-electron chi connectivity index (χ1n) is 10.6. The van der Waals surface area contributed by atoms with E-state index in [0.717, 1.165) is 0 Å². The topological polar surface area (TPSA) is 215 Å². The number of esters is 3. The molecule has 200 valence electrons. The second-order valence-corrected chi connectivity index (χ2v) is 7.74. The quantitative estimate of drug-likeness (QED) is 0.151. The van der Waals surface area contributed by atoms with E-state index in [9.17, 15) is 24.5 Å². The summed E-state index contributed by atoms with van der Waals surface area (Å²) in [5.41, 5.74) is 1.19. The number of allylic oxidation sites excluding steroid dienone is 2. The van der Waals surface area contributed by atoms with Gasteiger partial charge in [0.25, 0.3) is 5.69 Å². The Hall–Kier alpha value is -4.43. The molecule has 5 N–H and O–H groups in total. The van der Waals surface area contributed by atoms with Crippen molar-refractivity contribution >= 4 is 23.6 Å². The zero-order chi connectivity index (χ0) is 28.0. The van der Waals surface area contributed by atoms with E-state index in [1.54, 1.807) is 19.9 Å². The Morgan fingerprint density at radius 1 is 1.11 bits per heavy atom. The van der Waals surface area contributed by atoms with E-state index in [0.29, 0.717) is 11.4 Å². The fourth-order valence-electron chi connectivity index (χ4n) is 3.79. The lowest BCUT2D eigenvalue weighted by Gasteiger charge is -2.29. The zero-order valence-electron chi connectivity index (χ0n) is 20.3. The molecule has 0 saturated carbocycles. The molecule has 1 aromatic rings. The Labute approximate surface area is 210 Å². The lowest BCUT2D eigenvalue weighted by molar-refractivity contribution is -0.385. The minimum absolute atomic E-state index is 0.128. The SMILES string of the molecule is COC(=O)C1=C(C)NC(C)=C(C(=O)OC)C1c1ccccc1[N+](=O)[O-].O=C1O[C@H]([C@@H](O)CO)C(O)=C1O. The van der Waals surface area contributed by atoms with E-state index in [1.807, 2.05) is 0 Å². The van der Waals surface area contributed by atoms with Crippen molar-refractivity contribution in [2.75, 3.05) is 20.8 Å². The van der Waals surface area contributed by atoms with Crippen molar-refractivity contribution < 1.29 is 53.9 Å². The van der Waals surface area contributed by atoms with Crippen LogP contribution in [0.4, 0.5) is 5.69 Å². The number of para-hydroxylation sites is 1. The molecule has 37 heavy (non-hydrogen) atoms. The number of dihydropyridines is 1. The van der Waals surface area contributed by atoms with Gasteiger partial charge in [0.05, 0.1) is 42.8 Å². The number of hydrogen-bond donors (Lipinski definition) is 5. The molecule has 2 atom stereocenters. The van der Waals surface area contributed by atoms with Gasteiger partial charge in [0.15, 0.2) is 11.9 Å². The molecule has 0 radical (unpaired) electrons. The molecule has 0 fully saturated rings. The molecule has 14 nitrogen and oxygen atoms in total. The van der Waals surface area contributed by atoms with E-state index in [4.69, 9.17) is 29.9 Å². The second-order valence-electron chi connectivity index (χ2n) is 7.74. The smallest absolute Gasteiger partial charge is 0.377 e. The fraction of sp³-hybridized carbons (Fsp3) is 0.348. The molecule has 3 rings (SSSR count). The lowest BCUT2D eigenvalue weighted by atomic mass is 9.79. The van der Waals surface area contributed by atoms with Gasteiger partial charge in [-0.15, -0.1) is 0 Å². The summed E-state index contributed by atoms with van der Waals surface area (Å²) in [7, 11) is 2.42. The molecule has 0 aromatic heterocycles. The van der Waals surface area contributed by atoms with E-state index >= 15 is 0 Å². The average molecular weight is 522 g/mol. The summed E-state index contributed by atoms with van der Waals surface area (Å²) in [6, 6.07) is 5.97. The van der Waals surface area contributed by atoms with Gasteiger partial charge in [0.2, 0.25) is 5.76 Å². The van der Waals surface area contributed by atoms with Crippen molar-refractivity contribution in [3.63, 3.8) is 0 Å². The van der Waals surface area contributed by atoms with E-state index < -0.39 is 59.1 Å². The summed E-state index contributed by atoms with van der Waals surface area (Å²) in [5, 5.41) is 49.4. The Bertz CT molecular complexity index is 1160. The molecule has 2 heterocycles. The minimum atomic E-state index is -1.42. The second kappa shape index (κ2) is 12.0. The Kier molecular flexibility index (Phi) is 9.35. The van der Waals surface area contributed by atoms with Crippen LogP contribution in [0.15, 0.2) is 58.3 Å². The highest BCUT2D eigenvalue weighted by molar-refractivity contribution is 6.00. The highest BCUT2D eigenvalue weighted by atomic mass is 16.6. The van der Waals surface area contributed by atoms with Crippen molar-refractivity contribution in [2.45, 2.75) is 32.0 Å². The van der Waals surface area contributed by atoms with Gasteiger partial charge in [-0.25, -0.2) is 14.4 Å². The van der Waals surface area contributed by atoms with Gasteiger partial charge in [-0.1, -0.05) is 18.2 Å². The third-order valence-electron chi connectivity index (χ3n) is 5.49. The number of carbonyl (C=O) groups is 3. The molecule has 1 aromatic carbocycles. The van der Waals surface area contributed by atoms with Crippen LogP contribution in [-0.2, 0) is 28.6 Å². The van der Waals surface area contributed by atoms with Crippen LogP contribution in [0.5, 0.6) is 0 Å². The van der Waals surface area contributed by atoms with Crippen LogP contribution in [0.25, 0.3) is 0 Å². The lowest BCUT2D eigenvalue weighted by Crippen LogP contribution is -2.32. The number of cyclic esters (lactones) is 1. The van der Waals surface area contributed by atoms with E-state index in [1.165, 1.54) is 32.4 Å². The van der Waals surface area contributed by atoms with Crippen molar-refractivity contribution in [2.24, 2.45) is 0 Å². The molecule has 0 unspecified atom stereocenters. The van der Waals surface area contributed by atoms with Crippen molar-refractivity contribution in [3.05, 3.63) is 74.0 Å². The monoisotopic (exact) mass is 522 g/mol. The van der Waals surface area contributed by atoms with Crippen LogP contribution in [0, 0.1) is 10.1 Å². The Balaban J connectivity index is 0.000000335. The number of ether oxygens (including phenoxy) is 3. The van der Waals surface area contributed by atoms with Crippen molar-refractivity contribution in [3.8, 4) is 0 Å². The third kappa shape index (κ3) is 5.87. The maximum absolute atomic E-state index is 12.3. The third-order valence-corrected chi connectivity index (χ3v) is 5.49. The Morgan fingerprint density at radius 2 is 1.62 bits per heavy atom. The molecular weight excluding hydrogens is 496 g/mol. The van der Waals surface area contributed by atoms with Crippen LogP contribution >= 0.6 is 0 Å². The highest BCUT2D eigenvalue weighted by Crippen LogP contribution is 2.42. The molecule has 14 heteroatoms. The van der Waals surface area contributed by atoms with Crippen molar-refractivity contribution in [1.82, 2.24) is 5.32 Å². The van der Waals surface area contributed by atoms with Gasteiger partial charge in [-0.3, -0.25) is 10.1 Å². The molecule has 0 spiro atoms. The van der Waals surface area contributed by atoms with Crippen LogP contribution in [-0.4, -0.2) is 76.3 Å². The summed E-state index contributed by atoms with van der Waals surface area (Å²) < 4.78 is 14.0. The predicted octanol–water partition coefficient (Wildman–Crippen LogP) is 0.768. The number of nitro groups is 1. The number of aliphatic hydroxyl groups excluding tert-OH is 4. The molecule has 2 aliphatic rings. The minimum Gasteiger partial charge on any atom is -0.505 e. The summed E-state index contributed by atoms with van der Waals surface area (Å²) in [6.45, 7) is 2.62. The number of rotatable bonds is 6. The number of aliphatic hydroxyl groups is 4. The first-order valence-corrected chi connectivity index (χ1v) is 10.6. The van der Waals surface area contributed by atoms with Gasteiger partial charge in [0, 0.05) is 23.0 Å². The highest BCUT2D eigenvalue weighted by Gasteiger charge is 2.41. The van der Waals surface area contributed by atoms with Crippen LogP contribution in [0.2, 0.25) is 0 Å². The van der Waals surface area contributed by atoms with Crippen molar-refractivity contribution in [1.29, 1.82) is 0 Å². The standard InChI is InChI=1S/C17H18N2O6.C6H8O6/c1-9-13(16(20)24-3)15(14(10(2)18-9)17(21)25-4)11-7-5-6-8-12(11)19(22)23;7-1-2(8)5-3(9)4(10)6(11)12-5/h5-8,15,18H,1-4H3;2,5,7-10H,1H2/t;2-,5+/m.0/s1. The molecule has 0 amide bonds. The first-order chi connectivity index (χ1) is 17.4. The summed E-state index contributed by atoms with van der Waals surface area (Å²) in [6.07, 6.45) is -2.78. The van der Waals surface area contributed by atoms with E-state index in [-0.39, 0.29) is 22.4 Å². The van der Waals surface area contributed by atoms with Gasteiger partial charge in [-0.2, -0.15) is 0 Å². The number of methoxy groups -OCH3 is 2. The average Bonchev–Trinajstić information content (AvgIpc) is 3.14.